The molecule has 2 aliphatic heterocycles. The Labute approximate surface area is 142 Å². The van der Waals surface area contributed by atoms with Crippen molar-refractivity contribution in [3.63, 3.8) is 0 Å². The Balaban J connectivity index is 1.73. The van der Waals surface area contributed by atoms with Gasteiger partial charge in [-0.15, -0.1) is 0 Å². The van der Waals surface area contributed by atoms with Crippen LogP contribution in [0.2, 0.25) is 0 Å². The van der Waals surface area contributed by atoms with Gasteiger partial charge in [0.05, 0.1) is 17.9 Å². The smallest absolute Gasteiger partial charge is 0.313 e. The lowest BCUT2D eigenvalue weighted by Crippen LogP contribution is -2.56. The van der Waals surface area contributed by atoms with E-state index in [0.29, 0.717) is 45.4 Å². The first-order valence-electron chi connectivity index (χ1n) is 8.89. The van der Waals surface area contributed by atoms with E-state index in [1.165, 1.54) is 0 Å². The normalized spacial score (nSPS) is 35.0. The van der Waals surface area contributed by atoms with Crippen LogP contribution in [0.5, 0.6) is 0 Å². The van der Waals surface area contributed by atoms with Crippen molar-refractivity contribution >= 4 is 17.8 Å². The Bertz CT molecular complexity index is 578. The van der Waals surface area contributed by atoms with Crippen LogP contribution < -0.4 is 0 Å². The monoisotopic (exact) mass is 337 g/mol. The minimum atomic E-state index is -1.05. The number of nitrogens with zero attached hydrogens (tertiary/aromatic N) is 1. The number of fused-ring (bicyclic) bond motifs is 2. The standard InChI is InChI=1S/C18H27NO5/c1-5-23-13(20)12-6-10-19(11-7-12)14(21)18-9-8-17(4,15(22)24-18)16(18,2)3/h12H,5-11H2,1-4H3/t17-,18+/m0/s1. The third-order valence-electron chi connectivity index (χ3n) is 6.83. The van der Waals surface area contributed by atoms with Gasteiger partial charge in [-0.05, 0) is 39.5 Å². The molecule has 3 rings (SSSR count). The second kappa shape index (κ2) is 5.46. The van der Waals surface area contributed by atoms with Crippen LogP contribution in [0.25, 0.3) is 0 Å². The molecule has 0 aromatic heterocycles. The summed E-state index contributed by atoms with van der Waals surface area (Å²) < 4.78 is 10.7. The molecule has 2 saturated heterocycles. The predicted molar refractivity (Wildman–Crippen MR) is 85.9 cm³/mol. The predicted octanol–water partition coefficient (Wildman–Crippen LogP) is 1.91. The van der Waals surface area contributed by atoms with Gasteiger partial charge >= 0.3 is 11.9 Å². The molecule has 3 aliphatic rings. The average Bonchev–Trinajstić information content (AvgIpc) is 2.85. The first kappa shape index (κ1) is 17.2. The zero-order chi connectivity index (χ0) is 17.8. The number of ether oxygens (including phenoxy) is 2. The van der Waals surface area contributed by atoms with Gasteiger partial charge in [-0.1, -0.05) is 13.8 Å². The Kier molecular flexibility index (Phi) is 3.92. The van der Waals surface area contributed by atoms with E-state index >= 15 is 0 Å². The lowest BCUT2D eigenvalue weighted by molar-refractivity contribution is -0.175. The molecular formula is C18H27NO5. The molecule has 0 N–H and O–H groups in total. The summed E-state index contributed by atoms with van der Waals surface area (Å²) >= 11 is 0. The van der Waals surface area contributed by atoms with E-state index in [2.05, 4.69) is 0 Å². The van der Waals surface area contributed by atoms with Crippen molar-refractivity contribution in [1.29, 1.82) is 0 Å². The van der Waals surface area contributed by atoms with Gasteiger partial charge in [-0.2, -0.15) is 0 Å². The fourth-order valence-electron chi connectivity index (χ4n) is 4.56. The lowest BCUT2D eigenvalue weighted by atomic mass is 9.66. The molecule has 2 atom stereocenters. The molecule has 0 spiro atoms. The van der Waals surface area contributed by atoms with Crippen LogP contribution in [0.4, 0.5) is 0 Å². The van der Waals surface area contributed by atoms with Crippen LogP contribution in [-0.4, -0.2) is 48.0 Å². The van der Waals surface area contributed by atoms with Gasteiger partial charge in [-0.3, -0.25) is 14.4 Å². The largest absolute Gasteiger partial charge is 0.466 e. The van der Waals surface area contributed by atoms with E-state index in [9.17, 15) is 14.4 Å². The molecular weight excluding hydrogens is 310 g/mol. The molecule has 0 aromatic carbocycles. The van der Waals surface area contributed by atoms with Gasteiger partial charge in [-0.25, -0.2) is 0 Å². The number of carbonyl (C=O) groups excluding carboxylic acids is 3. The molecule has 24 heavy (non-hydrogen) atoms. The van der Waals surface area contributed by atoms with Gasteiger partial charge < -0.3 is 14.4 Å². The minimum Gasteiger partial charge on any atom is -0.466 e. The Hall–Kier alpha value is -1.59. The van der Waals surface area contributed by atoms with E-state index in [1.54, 1.807) is 11.8 Å². The summed E-state index contributed by atoms with van der Waals surface area (Å²) in [4.78, 5) is 39.2. The topological polar surface area (TPSA) is 72.9 Å². The molecule has 134 valence electrons. The van der Waals surface area contributed by atoms with E-state index < -0.39 is 16.4 Å². The Morgan fingerprint density at radius 3 is 2.29 bits per heavy atom. The lowest BCUT2D eigenvalue weighted by Gasteiger charge is -2.41. The van der Waals surface area contributed by atoms with E-state index in [-0.39, 0.29) is 23.8 Å². The summed E-state index contributed by atoms with van der Waals surface area (Å²) in [5, 5.41) is 0. The van der Waals surface area contributed by atoms with Crippen LogP contribution in [0, 0.1) is 16.7 Å². The quantitative estimate of drug-likeness (QED) is 0.736. The van der Waals surface area contributed by atoms with Crippen molar-refractivity contribution in [2.45, 2.75) is 59.0 Å². The highest BCUT2D eigenvalue weighted by Crippen LogP contribution is 2.66. The number of hydrogen-bond acceptors (Lipinski definition) is 5. The van der Waals surface area contributed by atoms with Gasteiger partial charge in [0.1, 0.15) is 0 Å². The molecule has 0 unspecified atom stereocenters. The van der Waals surface area contributed by atoms with Crippen molar-refractivity contribution in [3.8, 4) is 0 Å². The van der Waals surface area contributed by atoms with Crippen LogP contribution in [0.1, 0.15) is 53.4 Å². The molecule has 6 nitrogen and oxygen atoms in total. The molecule has 0 radical (unpaired) electrons. The van der Waals surface area contributed by atoms with Gasteiger partial charge in [0.25, 0.3) is 5.91 Å². The summed E-state index contributed by atoms with van der Waals surface area (Å²) in [7, 11) is 0. The average molecular weight is 337 g/mol. The van der Waals surface area contributed by atoms with Crippen LogP contribution in [-0.2, 0) is 23.9 Å². The zero-order valence-corrected chi connectivity index (χ0v) is 15.0. The molecule has 1 aliphatic carbocycles. The van der Waals surface area contributed by atoms with E-state index in [1.807, 2.05) is 20.8 Å². The summed E-state index contributed by atoms with van der Waals surface area (Å²) in [6.07, 6.45) is 2.47. The number of piperidine rings is 1. The SMILES string of the molecule is CCOC(=O)C1CCN(C(=O)[C@@]23CC[C@@](C)(C(=O)O2)C3(C)C)CC1. The third-order valence-corrected chi connectivity index (χ3v) is 6.83. The maximum Gasteiger partial charge on any atom is 0.313 e. The fourth-order valence-corrected chi connectivity index (χ4v) is 4.56. The molecule has 0 aromatic rings. The number of rotatable bonds is 3. The minimum absolute atomic E-state index is 0.0932. The highest BCUT2D eigenvalue weighted by molar-refractivity contribution is 5.96. The number of hydrogen-bond donors (Lipinski definition) is 0. The molecule has 1 saturated carbocycles. The van der Waals surface area contributed by atoms with Gasteiger partial charge in [0, 0.05) is 18.5 Å². The number of amides is 1. The van der Waals surface area contributed by atoms with Gasteiger partial charge in [0.15, 0.2) is 5.60 Å². The molecule has 2 bridgehead atoms. The van der Waals surface area contributed by atoms with Crippen molar-refractivity contribution in [2.24, 2.45) is 16.7 Å². The van der Waals surface area contributed by atoms with Gasteiger partial charge in [0.2, 0.25) is 0 Å². The molecule has 2 heterocycles. The highest BCUT2D eigenvalue weighted by Gasteiger charge is 2.76. The number of esters is 2. The second-order valence-electron chi connectivity index (χ2n) is 7.99. The first-order valence-corrected chi connectivity index (χ1v) is 8.89. The van der Waals surface area contributed by atoms with Crippen molar-refractivity contribution < 1.29 is 23.9 Å². The molecule has 3 fully saturated rings. The zero-order valence-electron chi connectivity index (χ0n) is 15.0. The summed E-state index contributed by atoms with van der Waals surface area (Å²) in [6.45, 7) is 9.03. The van der Waals surface area contributed by atoms with Crippen LogP contribution >= 0.6 is 0 Å². The Morgan fingerprint density at radius 2 is 1.83 bits per heavy atom. The highest BCUT2D eigenvalue weighted by atomic mass is 16.6. The molecule has 6 heteroatoms. The molecule has 1 amide bonds. The summed E-state index contributed by atoms with van der Waals surface area (Å²) in [5.74, 6) is -0.666. The first-order chi connectivity index (χ1) is 11.2. The van der Waals surface area contributed by atoms with Crippen molar-refractivity contribution in [1.82, 2.24) is 4.90 Å². The van der Waals surface area contributed by atoms with E-state index in [4.69, 9.17) is 9.47 Å². The van der Waals surface area contributed by atoms with E-state index in [0.717, 1.165) is 0 Å². The van der Waals surface area contributed by atoms with Crippen LogP contribution in [0.15, 0.2) is 0 Å². The van der Waals surface area contributed by atoms with Crippen molar-refractivity contribution in [3.05, 3.63) is 0 Å². The summed E-state index contributed by atoms with van der Waals surface area (Å²) in [6, 6.07) is 0. The Morgan fingerprint density at radius 1 is 1.21 bits per heavy atom. The fraction of sp³-hybridized carbons (Fsp3) is 0.833. The number of carbonyl (C=O) groups is 3. The van der Waals surface area contributed by atoms with Crippen LogP contribution in [0.3, 0.4) is 0 Å². The number of likely N-dealkylation sites (tertiary alicyclic amines) is 1. The summed E-state index contributed by atoms with van der Waals surface area (Å²) in [5.41, 5.74) is -2.16. The van der Waals surface area contributed by atoms with Crippen molar-refractivity contribution in [2.75, 3.05) is 19.7 Å². The maximum absolute atomic E-state index is 13.2. The maximum atomic E-state index is 13.2. The second-order valence-corrected chi connectivity index (χ2v) is 7.99. The third kappa shape index (κ3) is 2.04.